The van der Waals surface area contributed by atoms with Crippen LogP contribution in [0.4, 0.5) is 16.6 Å². The SMILES string of the molecule is CC(Nc1nccc(N2C(=O)OC[C@@H]2C(C)C)n1)c1ncc(-c2ccccc2)cn1. The third kappa shape index (κ3) is 4.07. The van der Waals surface area contributed by atoms with Gasteiger partial charge < -0.3 is 10.1 Å². The number of cyclic esters (lactones) is 1. The molecule has 1 N–H and O–H groups in total. The van der Waals surface area contributed by atoms with Crippen molar-refractivity contribution in [2.24, 2.45) is 5.92 Å². The van der Waals surface area contributed by atoms with Gasteiger partial charge in [0.25, 0.3) is 0 Å². The zero-order valence-corrected chi connectivity index (χ0v) is 17.2. The Bertz CT molecular complexity index is 1010. The van der Waals surface area contributed by atoms with Crippen molar-refractivity contribution in [2.45, 2.75) is 32.9 Å². The summed E-state index contributed by atoms with van der Waals surface area (Å²) < 4.78 is 5.22. The summed E-state index contributed by atoms with van der Waals surface area (Å²) in [5, 5.41) is 3.21. The summed E-state index contributed by atoms with van der Waals surface area (Å²) >= 11 is 0. The Hall–Kier alpha value is -3.55. The predicted octanol–water partition coefficient (Wildman–Crippen LogP) is 4.09. The average Bonchev–Trinajstić information content (AvgIpc) is 3.16. The van der Waals surface area contributed by atoms with Crippen LogP contribution < -0.4 is 10.2 Å². The highest BCUT2D eigenvalue weighted by atomic mass is 16.6. The van der Waals surface area contributed by atoms with Gasteiger partial charge in [0.05, 0.1) is 12.1 Å². The largest absolute Gasteiger partial charge is 0.447 e. The third-order valence-electron chi connectivity index (χ3n) is 5.07. The molecule has 8 nitrogen and oxygen atoms in total. The molecule has 154 valence electrons. The van der Waals surface area contributed by atoms with Crippen molar-refractivity contribution in [3.63, 3.8) is 0 Å². The second kappa shape index (κ2) is 8.44. The summed E-state index contributed by atoms with van der Waals surface area (Å²) in [5.41, 5.74) is 2.02. The molecule has 1 amide bonds. The van der Waals surface area contributed by atoms with Gasteiger partial charge in [-0.15, -0.1) is 0 Å². The van der Waals surface area contributed by atoms with E-state index in [2.05, 4.69) is 39.1 Å². The molecule has 0 aliphatic carbocycles. The van der Waals surface area contributed by atoms with Gasteiger partial charge in [0.1, 0.15) is 18.2 Å². The molecule has 8 heteroatoms. The van der Waals surface area contributed by atoms with E-state index in [9.17, 15) is 4.79 Å². The molecule has 0 spiro atoms. The van der Waals surface area contributed by atoms with Crippen molar-refractivity contribution in [3.05, 3.63) is 60.8 Å². The lowest BCUT2D eigenvalue weighted by atomic mass is 10.0. The fourth-order valence-electron chi connectivity index (χ4n) is 3.34. The number of aromatic nitrogens is 4. The standard InChI is InChI=1S/C22H24N6O2/c1-14(2)18-13-30-22(29)28(18)19-9-10-23-21(27-19)26-15(3)20-24-11-17(12-25-20)16-7-5-4-6-8-16/h4-12,14-15,18H,13H2,1-3H3,(H,23,26,27)/t15?,18-/m1/s1. The normalized spacial score (nSPS) is 17.1. The van der Waals surface area contributed by atoms with Crippen LogP contribution in [0.5, 0.6) is 0 Å². The first-order valence-corrected chi connectivity index (χ1v) is 9.96. The molecule has 0 radical (unpaired) electrons. The Labute approximate surface area is 175 Å². The topological polar surface area (TPSA) is 93.1 Å². The molecule has 1 aromatic carbocycles. The van der Waals surface area contributed by atoms with Gasteiger partial charge in [0, 0.05) is 24.2 Å². The highest BCUT2D eigenvalue weighted by Gasteiger charge is 2.37. The van der Waals surface area contributed by atoms with Crippen molar-refractivity contribution >= 4 is 17.9 Å². The van der Waals surface area contributed by atoms with E-state index in [-0.39, 0.29) is 24.1 Å². The van der Waals surface area contributed by atoms with E-state index < -0.39 is 0 Å². The summed E-state index contributed by atoms with van der Waals surface area (Å²) in [6, 6.07) is 11.4. The van der Waals surface area contributed by atoms with Crippen molar-refractivity contribution in [1.29, 1.82) is 0 Å². The van der Waals surface area contributed by atoms with Gasteiger partial charge in [0.15, 0.2) is 0 Å². The van der Waals surface area contributed by atoms with Gasteiger partial charge in [-0.2, -0.15) is 4.98 Å². The maximum atomic E-state index is 12.2. The van der Waals surface area contributed by atoms with Gasteiger partial charge in [-0.05, 0) is 24.5 Å². The van der Waals surface area contributed by atoms with E-state index in [1.54, 1.807) is 29.6 Å². The Morgan fingerprint density at radius 1 is 1.03 bits per heavy atom. The predicted molar refractivity (Wildman–Crippen MR) is 114 cm³/mol. The van der Waals surface area contributed by atoms with Crippen LogP contribution in [0.25, 0.3) is 11.1 Å². The summed E-state index contributed by atoms with van der Waals surface area (Å²) in [4.78, 5) is 31.6. The fourth-order valence-corrected chi connectivity index (χ4v) is 3.34. The molecule has 2 atom stereocenters. The van der Waals surface area contributed by atoms with Crippen molar-refractivity contribution < 1.29 is 9.53 Å². The first-order valence-electron chi connectivity index (χ1n) is 9.96. The minimum atomic E-state index is -0.383. The van der Waals surface area contributed by atoms with Gasteiger partial charge >= 0.3 is 6.09 Å². The number of hydrogen-bond acceptors (Lipinski definition) is 7. The fraction of sp³-hybridized carbons (Fsp3) is 0.318. The smallest absolute Gasteiger partial charge is 0.415 e. The molecule has 4 rings (SSSR count). The number of hydrogen-bond donors (Lipinski definition) is 1. The Morgan fingerprint density at radius 2 is 1.77 bits per heavy atom. The lowest BCUT2D eigenvalue weighted by Crippen LogP contribution is -2.37. The average molecular weight is 404 g/mol. The Balaban J connectivity index is 1.49. The second-order valence-electron chi connectivity index (χ2n) is 7.56. The van der Waals surface area contributed by atoms with Crippen molar-refractivity contribution in [1.82, 2.24) is 19.9 Å². The summed E-state index contributed by atoms with van der Waals surface area (Å²) in [6.07, 6.45) is 4.85. The molecule has 0 bridgehead atoms. The van der Waals surface area contributed by atoms with E-state index in [0.717, 1.165) is 11.1 Å². The van der Waals surface area contributed by atoms with Gasteiger partial charge in [-0.25, -0.2) is 19.7 Å². The molecule has 3 aromatic rings. The van der Waals surface area contributed by atoms with Crippen LogP contribution in [0.2, 0.25) is 0 Å². The van der Waals surface area contributed by atoms with Crippen LogP contribution in [0.15, 0.2) is 55.0 Å². The molecule has 3 heterocycles. The van der Waals surface area contributed by atoms with Crippen molar-refractivity contribution in [3.8, 4) is 11.1 Å². The van der Waals surface area contributed by atoms with Crippen LogP contribution in [0.3, 0.4) is 0 Å². The van der Waals surface area contributed by atoms with E-state index in [4.69, 9.17) is 4.74 Å². The quantitative estimate of drug-likeness (QED) is 0.661. The van der Waals surface area contributed by atoms with E-state index >= 15 is 0 Å². The highest BCUT2D eigenvalue weighted by molar-refractivity contribution is 5.89. The molecule has 1 aliphatic heterocycles. The number of nitrogens with zero attached hydrogens (tertiary/aromatic N) is 5. The number of nitrogens with one attached hydrogen (secondary N) is 1. The zero-order chi connectivity index (χ0) is 21.1. The van der Waals surface area contributed by atoms with E-state index in [1.165, 1.54) is 0 Å². The summed E-state index contributed by atoms with van der Waals surface area (Å²) in [7, 11) is 0. The highest BCUT2D eigenvalue weighted by Crippen LogP contribution is 2.26. The van der Waals surface area contributed by atoms with Crippen LogP contribution >= 0.6 is 0 Å². The molecular weight excluding hydrogens is 380 g/mol. The number of carbonyl (C=O) groups is 1. The Kier molecular flexibility index (Phi) is 5.56. The minimum absolute atomic E-state index is 0.0495. The van der Waals surface area contributed by atoms with Crippen LogP contribution in [-0.4, -0.2) is 38.7 Å². The first kappa shape index (κ1) is 19.8. The number of benzene rings is 1. The van der Waals surface area contributed by atoms with Gasteiger partial charge in [-0.3, -0.25) is 4.90 Å². The molecule has 2 aromatic heterocycles. The van der Waals surface area contributed by atoms with Crippen LogP contribution in [-0.2, 0) is 4.74 Å². The molecule has 30 heavy (non-hydrogen) atoms. The number of rotatable bonds is 6. The minimum Gasteiger partial charge on any atom is -0.447 e. The number of ether oxygens (including phenoxy) is 1. The van der Waals surface area contributed by atoms with E-state index in [1.807, 2.05) is 37.3 Å². The number of carbonyl (C=O) groups excluding carboxylic acids is 1. The first-order chi connectivity index (χ1) is 14.5. The molecular formula is C22H24N6O2. The monoisotopic (exact) mass is 404 g/mol. The van der Waals surface area contributed by atoms with E-state index in [0.29, 0.717) is 24.2 Å². The third-order valence-corrected chi connectivity index (χ3v) is 5.07. The van der Waals surface area contributed by atoms with Crippen molar-refractivity contribution in [2.75, 3.05) is 16.8 Å². The molecule has 1 saturated heterocycles. The second-order valence-corrected chi connectivity index (χ2v) is 7.56. The number of anilines is 2. The van der Waals surface area contributed by atoms with Crippen LogP contribution in [0.1, 0.15) is 32.6 Å². The van der Waals surface area contributed by atoms with Gasteiger partial charge in [0.2, 0.25) is 5.95 Å². The molecule has 1 aliphatic rings. The number of amides is 1. The summed E-state index contributed by atoms with van der Waals surface area (Å²) in [6.45, 7) is 6.41. The van der Waals surface area contributed by atoms with Crippen LogP contribution in [0, 0.1) is 5.92 Å². The lowest BCUT2D eigenvalue weighted by molar-refractivity contribution is 0.177. The summed E-state index contributed by atoms with van der Waals surface area (Å²) in [5.74, 6) is 1.79. The maximum absolute atomic E-state index is 12.2. The molecule has 0 saturated carbocycles. The molecule has 1 fully saturated rings. The lowest BCUT2D eigenvalue weighted by Gasteiger charge is -2.23. The molecule has 1 unspecified atom stereocenters. The maximum Gasteiger partial charge on any atom is 0.415 e. The van der Waals surface area contributed by atoms with Gasteiger partial charge in [-0.1, -0.05) is 44.2 Å². The Morgan fingerprint density at radius 3 is 2.47 bits per heavy atom. The zero-order valence-electron chi connectivity index (χ0n) is 17.2.